The zero-order valence-corrected chi connectivity index (χ0v) is 16.7. The van der Waals surface area contributed by atoms with Gasteiger partial charge >= 0.3 is 0 Å². The largest absolute Gasteiger partial charge is 0.489 e. The molecule has 0 bridgehead atoms. The summed E-state index contributed by atoms with van der Waals surface area (Å²) in [5, 5.41) is 20.6. The molecule has 0 atom stereocenters. The Balaban J connectivity index is 1.38. The smallest absolute Gasteiger partial charge is 0.251 e. The van der Waals surface area contributed by atoms with Gasteiger partial charge in [0.25, 0.3) is 5.91 Å². The van der Waals surface area contributed by atoms with Crippen LogP contribution in [0.2, 0.25) is 0 Å². The number of aryl methyl sites for hydroxylation is 1. The summed E-state index contributed by atoms with van der Waals surface area (Å²) in [7, 11) is 0. The van der Waals surface area contributed by atoms with Crippen LogP contribution in [0.3, 0.4) is 0 Å². The number of hydrogen-bond donors (Lipinski definition) is 1. The Hall–Kier alpha value is -3.66. The summed E-state index contributed by atoms with van der Waals surface area (Å²) < 4.78 is 7.93. The molecule has 1 amide bonds. The van der Waals surface area contributed by atoms with Gasteiger partial charge in [0, 0.05) is 24.1 Å². The third-order valence-corrected chi connectivity index (χ3v) is 5.22. The minimum Gasteiger partial charge on any atom is -0.489 e. The summed E-state index contributed by atoms with van der Waals surface area (Å²) in [6.07, 6.45) is 4.38. The van der Waals surface area contributed by atoms with Crippen LogP contribution in [0, 0.1) is 11.3 Å². The molecule has 1 aliphatic heterocycles. The number of ether oxygens (including phenoxy) is 1. The lowest BCUT2D eigenvalue weighted by Gasteiger charge is -2.10. The molecule has 1 N–H and O–H groups in total. The number of aromatic nitrogens is 3. The number of carbonyl (C=O) groups excluding carboxylic acids is 1. The molecule has 4 rings (SSSR count). The highest BCUT2D eigenvalue weighted by atomic mass is 16.5. The molecule has 0 saturated carbocycles. The Morgan fingerprint density at radius 3 is 2.93 bits per heavy atom. The highest BCUT2D eigenvalue weighted by Crippen LogP contribution is 2.18. The van der Waals surface area contributed by atoms with Crippen LogP contribution in [-0.2, 0) is 26.1 Å². The first-order valence-corrected chi connectivity index (χ1v) is 10.1. The zero-order chi connectivity index (χ0) is 20.8. The molecule has 3 aromatic rings. The van der Waals surface area contributed by atoms with Crippen LogP contribution in [0.4, 0.5) is 0 Å². The molecule has 2 heterocycles. The Kier molecular flexibility index (Phi) is 6.04. The Morgan fingerprint density at radius 1 is 1.13 bits per heavy atom. The van der Waals surface area contributed by atoms with Crippen molar-refractivity contribution < 1.29 is 9.53 Å². The lowest BCUT2D eigenvalue weighted by Crippen LogP contribution is -2.25. The van der Waals surface area contributed by atoms with Crippen molar-refractivity contribution in [2.24, 2.45) is 0 Å². The van der Waals surface area contributed by atoms with Crippen LogP contribution >= 0.6 is 0 Å². The fourth-order valence-corrected chi connectivity index (χ4v) is 3.58. The Bertz CT molecular complexity index is 1080. The second-order valence-electron chi connectivity index (χ2n) is 7.26. The predicted octanol–water partition coefficient (Wildman–Crippen LogP) is 3.39. The standard InChI is InChI=1S/C23H23N5O2/c24-14-18-7-3-4-8-19(18)16-30-20-10-6-9-17(13-20)23(29)25-15-22-27-26-21-11-2-1-5-12-28(21)22/h3-4,6-10,13H,1-2,5,11-12,15-16H2,(H,25,29). The van der Waals surface area contributed by atoms with E-state index in [0.29, 0.717) is 23.4 Å². The molecule has 0 radical (unpaired) electrons. The van der Waals surface area contributed by atoms with Crippen molar-refractivity contribution in [1.29, 1.82) is 5.26 Å². The molecule has 0 saturated heterocycles. The first-order chi connectivity index (χ1) is 14.7. The topological polar surface area (TPSA) is 92.8 Å². The summed E-state index contributed by atoms with van der Waals surface area (Å²) in [5.74, 6) is 2.18. The number of hydrogen-bond acceptors (Lipinski definition) is 5. The second kappa shape index (κ2) is 9.23. The van der Waals surface area contributed by atoms with E-state index in [1.165, 1.54) is 6.42 Å². The van der Waals surface area contributed by atoms with Crippen LogP contribution in [0.15, 0.2) is 48.5 Å². The number of nitrogens with one attached hydrogen (secondary N) is 1. The van der Waals surface area contributed by atoms with Gasteiger partial charge in [0.1, 0.15) is 18.2 Å². The van der Waals surface area contributed by atoms with Gasteiger partial charge in [-0.05, 0) is 37.1 Å². The van der Waals surface area contributed by atoms with Crippen molar-refractivity contribution in [3.05, 3.63) is 76.9 Å². The van der Waals surface area contributed by atoms with E-state index in [0.717, 1.165) is 43.0 Å². The van der Waals surface area contributed by atoms with Crippen LogP contribution < -0.4 is 10.1 Å². The van der Waals surface area contributed by atoms with Gasteiger partial charge in [0.15, 0.2) is 5.82 Å². The van der Waals surface area contributed by atoms with Crippen molar-refractivity contribution in [1.82, 2.24) is 20.1 Å². The molecule has 0 aliphatic carbocycles. The molecule has 0 unspecified atom stereocenters. The molecule has 0 spiro atoms. The van der Waals surface area contributed by atoms with Crippen LogP contribution in [0.5, 0.6) is 5.75 Å². The maximum atomic E-state index is 12.6. The quantitative estimate of drug-likeness (QED) is 0.683. The third-order valence-electron chi connectivity index (χ3n) is 5.22. The predicted molar refractivity (Wildman–Crippen MR) is 111 cm³/mol. The molecule has 0 fully saturated rings. The lowest BCUT2D eigenvalue weighted by atomic mass is 10.1. The fraction of sp³-hybridized carbons (Fsp3) is 0.304. The summed E-state index contributed by atoms with van der Waals surface area (Å²) in [4.78, 5) is 12.6. The average Bonchev–Trinajstić information content (AvgIpc) is 3.02. The van der Waals surface area contributed by atoms with Gasteiger partial charge in [-0.25, -0.2) is 0 Å². The van der Waals surface area contributed by atoms with E-state index in [4.69, 9.17) is 4.74 Å². The number of nitriles is 1. The highest BCUT2D eigenvalue weighted by Gasteiger charge is 2.15. The lowest BCUT2D eigenvalue weighted by molar-refractivity contribution is 0.0949. The van der Waals surface area contributed by atoms with Gasteiger partial charge < -0.3 is 14.6 Å². The molecular weight excluding hydrogens is 378 g/mol. The molecule has 7 nitrogen and oxygen atoms in total. The average molecular weight is 401 g/mol. The summed E-state index contributed by atoms with van der Waals surface area (Å²) in [6.45, 7) is 1.51. The number of rotatable bonds is 6. The van der Waals surface area contributed by atoms with Gasteiger partial charge in [-0.2, -0.15) is 5.26 Å². The normalized spacial score (nSPS) is 13.0. The molecule has 1 aliphatic rings. The molecule has 2 aromatic carbocycles. The van der Waals surface area contributed by atoms with E-state index in [-0.39, 0.29) is 12.5 Å². The summed E-state index contributed by atoms with van der Waals surface area (Å²) in [5.41, 5.74) is 1.90. The van der Waals surface area contributed by atoms with Gasteiger partial charge in [-0.1, -0.05) is 30.7 Å². The van der Waals surface area contributed by atoms with Crippen molar-refractivity contribution in [2.45, 2.75) is 45.4 Å². The number of amides is 1. The van der Waals surface area contributed by atoms with Crippen molar-refractivity contribution in [3.63, 3.8) is 0 Å². The van der Waals surface area contributed by atoms with Crippen LogP contribution in [0.1, 0.15) is 52.4 Å². The van der Waals surface area contributed by atoms with Crippen molar-refractivity contribution in [2.75, 3.05) is 0 Å². The van der Waals surface area contributed by atoms with E-state index in [1.807, 2.05) is 18.2 Å². The maximum absolute atomic E-state index is 12.6. The molecule has 30 heavy (non-hydrogen) atoms. The van der Waals surface area contributed by atoms with E-state index < -0.39 is 0 Å². The fourth-order valence-electron chi connectivity index (χ4n) is 3.58. The molecule has 152 valence electrons. The van der Waals surface area contributed by atoms with Crippen LogP contribution in [-0.4, -0.2) is 20.7 Å². The Labute approximate surface area is 175 Å². The van der Waals surface area contributed by atoms with Gasteiger partial charge in [0.05, 0.1) is 18.2 Å². The van der Waals surface area contributed by atoms with Crippen molar-refractivity contribution in [3.8, 4) is 11.8 Å². The number of fused-ring (bicyclic) bond motifs is 1. The SMILES string of the molecule is N#Cc1ccccc1COc1cccc(C(=O)NCc2nnc3n2CCCCC3)c1. The molecule has 1 aromatic heterocycles. The highest BCUT2D eigenvalue weighted by molar-refractivity contribution is 5.94. The zero-order valence-electron chi connectivity index (χ0n) is 16.7. The molecule has 7 heteroatoms. The summed E-state index contributed by atoms with van der Waals surface area (Å²) >= 11 is 0. The van der Waals surface area contributed by atoms with Gasteiger partial charge in [-0.15, -0.1) is 10.2 Å². The summed E-state index contributed by atoms with van der Waals surface area (Å²) in [6, 6.07) is 16.5. The first kappa shape index (κ1) is 19.6. The number of carbonyl (C=O) groups is 1. The number of benzene rings is 2. The van der Waals surface area contributed by atoms with E-state index in [1.54, 1.807) is 30.3 Å². The maximum Gasteiger partial charge on any atom is 0.251 e. The van der Waals surface area contributed by atoms with E-state index >= 15 is 0 Å². The van der Waals surface area contributed by atoms with E-state index in [2.05, 4.69) is 26.2 Å². The van der Waals surface area contributed by atoms with Crippen molar-refractivity contribution >= 4 is 5.91 Å². The second-order valence-corrected chi connectivity index (χ2v) is 7.26. The molecular formula is C23H23N5O2. The minimum absolute atomic E-state index is 0.191. The minimum atomic E-state index is -0.191. The van der Waals surface area contributed by atoms with Crippen LogP contribution in [0.25, 0.3) is 0 Å². The first-order valence-electron chi connectivity index (χ1n) is 10.1. The number of nitrogens with zero attached hydrogens (tertiary/aromatic N) is 4. The monoisotopic (exact) mass is 401 g/mol. The Morgan fingerprint density at radius 2 is 2.03 bits per heavy atom. The van der Waals surface area contributed by atoms with Gasteiger partial charge in [0.2, 0.25) is 0 Å². The van der Waals surface area contributed by atoms with E-state index in [9.17, 15) is 10.1 Å². The third kappa shape index (κ3) is 4.49. The van der Waals surface area contributed by atoms with Gasteiger partial charge in [-0.3, -0.25) is 4.79 Å².